The van der Waals surface area contributed by atoms with Gasteiger partial charge in [-0.3, -0.25) is 57.5 Å². The number of phenolic OH excluding ortho intramolecular Hbond substituents is 1. The number of hydrogen-bond acceptors (Lipinski definition) is 19. The van der Waals surface area contributed by atoms with E-state index in [4.69, 9.17) is 22.3 Å². The second-order valence-electron chi connectivity index (χ2n) is 22.1. The van der Waals surface area contributed by atoms with Crippen molar-refractivity contribution in [2.75, 3.05) is 19.8 Å². The van der Waals surface area contributed by atoms with Crippen LogP contribution < -0.4 is 70.4 Å². The first-order valence-electron chi connectivity index (χ1n) is 29.3. The molecule has 11 amide bonds. The Balaban J connectivity index is 2.53. The van der Waals surface area contributed by atoms with E-state index in [-0.39, 0.29) is 56.7 Å². The summed E-state index contributed by atoms with van der Waals surface area (Å²) in [6.07, 6.45) is -3.38. The van der Waals surface area contributed by atoms with E-state index in [0.29, 0.717) is 17.5 Å². The Morgan fingerprint density at radius 2 is 0.933 bits per heavy atom. The number of carboxylic acid groups (broad SMARTS) is 2. The van der Waals surface area contributed by atoms with Crippen LogP contribution >= 0.6 is 0 Å². The molecule has 0 radical (unpaired) electrons. The number of amides is 11. The standard InChI is InChI=1S/C58H89N13O19/c1-7-30(4)46(70-49(80)36(60)26-45(77)78)56(87)69-43(28-73)55(86)71-47(32(6)74)57(88)64-37(15-11-12-22-59)51(82)65-40(25-34-16-18-35(75)19-17-34)53(84)66-39(24-33-13-9-8-10-14-33)52(83)63-38(20-21-44(61)76)50(81)62-31(5)48(79)68-42(27-72)54(85)67-41(58(89)90)23-29(2)3/h8-10,13-14,16-19,29-32,36-43,46-47,72-75H,7,11-12,15,20-28,59-60H2,1-6H3,(H2,61,76)(H,62,81)(H,63,83)(H,64,88)(H,65,82)(H,66,84)(H,67,85)(H,68,79)(H,69,87)(H,70,80)(H,71,86)(H,77,78)(H,89,90)/t30-,31-,32+,36-,37-,38-,39-,40-,41-,42-,43-,46-,47-/m0/s1. The van der Waals surface area contributed by atoms with Gasteiger partial charge < -0.3 is 101 Å². The maximum Gasteiger partial charge on any atom is 0.326 e. The molecule has 0 aliphatic carbocycles. The van der Waals surface area contributed by atoms with Crippen LogP contribution in [0.5, 0.6) is 5.75 Å². The summed E-state index contributed by atoms with van der Waals surface area (Å²) in [5, 5.41) is 83.7. The lowest BCUT2D eigenvalue weighted by Crippen LogP contribution is -2.63. The Kier molecular flexibility index (Phi) is 33.7. The normalized spacial score (nSPS) is 15.5. The lowest BCUT2D eigenvalue weighted by Gasteiger charge is -2.29. The zero-order chi connectivity index (χ0) is 67.9. The van der Waals surface area contributed by atoms with Crippen molar-refractivity contribution in [1.82, 2.24) is 53.2 Å². The number of carbonyl (C=O) groups is 13. The number of carboxylic acids is 2. The van der Waals surface area contributed by atoms with Crippen LogP contribution in [0.2, 0.25) is 0 Å². The molecule has 0 bridgehead atoms. The van der Waals surface area contributed by atoms with Crippen molar-refractivity contribution in [2.45, 2.75) is 178 Å². The highest BCUT2D eigenvalue weighted by Gasteiger charge is 2.38. The fourth-order valence-electron chi connectivity index (χ4n) is 8.72. The molecule has 2 aromatic rings. The number of carbonyl (C=O) groups excluding carboxylic acids is 11. The molecule has 32 heteroatoms. The number of primary amides is 1. The number of benzene rings is 2. The number of rotatable bonds is 41. The summed E-state index contributed by atoms with van der Waals surface area (Å²) in [4.78, 5) is 173. The van der Waals surface area contributed by atoms with Crippen molar-refractivity contribution in [1.29, 1.82) is 0 Å². The van der Waals surface area contributed by atoms with Crippen LogP contribution in [0.3, 0.4) is 0 Å². The van der Waals surface area contributed by atoms with E-state index in [1.54, 1.807) is 58.0 Å². The molecule has 13 atom stereocenters. The number of aliphatic hydroxyl groups is 3. The van der Waals surface area contributed by atoms with Gasteiger partial charge in [0.1, 0.15) is 66.2 Å². The zero-order valence-electron chi connectivity index (χ0n) is 51.2. The van der Waals surface area contributed by atoms with E-state index < -0.39 is 188 Å². The third-order valence-corrected chi connectivity index (χ3v) is 14.1. The first-order valence-corrected chi connectivity index (χ1v) is 29.3. The molecule has 0 aromatic heterocycles. The number of aliphatic carboxylic acids is 2. The van der Waals surface area contributed by atoms with Gasteiger partial charge in [-0.05, 0) is 87.6 Å². The highest BCUT2D eigenvalue weighted by molar-refractivity contribution is 5.99. The molecule has 32 nitrogen and oxygen atoms in total. The second kappa shape index (κ2) is 39.2. The van der Waals surface area contributed by atoms with Crippen LogP contribution in [0.25, 0.3) is 0 Å². The van der Waals surface area contributed by atoms with E-state index >= 15 is 0 Å². The van der Waals surface area contributed by atoms with Gasteiger partial charge in [-0.2, -0.15) is 0 Å². The molecule has 0 aliphatic heterocycles. The van der Waals surface area contributed by atoms with Crippen molar-refractivity contribution in [3.8, 4) is 5.75 Å². The maximum atomic E-state index is 14.7. The molecule has 500 valence electrons. The van der Waals surface area contributed by atoms with E-state index in [1.165, 1.54) is 31.2 Å². The summed E-state index contributed by atoms with van der Waals surface area (Å²) >= 11 is 0. The Hall–Kier alpha value is -8.85. The van der Waals surface area contributed by atoms with Gasteiger partial charge in [0.05, 0.1) is 31.8 Å². The van der Waals surface area contributed by atoms with Crippen LogP contribution in [0.15, 0.2) is 54.6 Å². The van der Waals surface area contributed by atoms with Gasteiger partial charge in [-0.15, -0.1) is 0 Å². The molecule has 2 aromatic carbocycles. The maximum absolute atomic E-state index is 14.7. The summed E-state index contributed by atoms with van der Waals surface area (Å²) in [5.41, 5.74) is 17.7. The average Bonchev–Trinajstić information content (AvgIpc) is 3.69. The Bertz CT molecular complexity index is 2760. The van der Waals surface area contributed by atoms with Crippen LogP contribution in [0, 0.1) is 11.8 Å². The molecule has 0 saturated carbocycles. The van der Waals surface area contributed by atoms with Gasteiger partial charge in [0, 0.05) is 19.3 Å². The predicted octanol–water partition coefficient (Wildman–Crippen LogP) is -5.22. The van der Waals surface area contributed by atoms with Gasteiger partial charge in [0.2, 0.25) is 65.0 Å². The molecular formula is C58H89N13O19. The minimum absolute atomic E-state index is 0.0227. The summed E-state index contributed by atoms with van der Waals surface area (Å²) in [7, 11) is 0. The van der Waals surface area contributed by atoms with E-state index in [9.17, 15) is 87.9 Å². The molecular weight excluding hydrogens is 1180 g/mol. The smallest absolute Gasteiger partial charge is 0.326 e. The van der Waals surface area contributed by atoms with Crippen LogP contribution in [-0.4, -0.2) is 200 Å². The highest BCUT2D eigenvalue weighted by atomic mass is 16.4. The molecule has 0 unspecified atom stereocenters. The number of aliphatic hydroxyl groups excluding tert-OH is 3. The van der Waals surface area contributed by atoms with E-state index in [2.05, 4.69) is 53.2 Å². The molecule has 0 aliphatic rings. The van der Waals surface area contributed by atoms with Crippen molar-refractivity contribution in [3.63, 3.8) is 0 Å². The summed E-state index contributed by atoms with van der Waals surface area (Å²) in [5.74, 6) is -15.1. The van der Waals surface area contributed by atoms with Crippen molar-refractivity contribution in [3.05, 3.63) is 65.7 Å². The molecule has 22 N–H and O–H groups in total. The molecule has 0 saturated heterocycles. The van der Waals surface area contributed by atoms with Crippen molar-refractivity contribution >= 4 is 76.9 Å². The minimum Gasteiger partial charge on any atom is -0.508 e. The lowest BCUT2D eigenvalue weighted by molar-refractivity contribution is -0.143. The highest BCUT2D eigenvalue weighted by Crippen LogP contribution is 2.15. The Morgan fingerprint density at radius 1 is 0.500 bits per heavy atom. The lowest BCUT2D eigenvalue weighted by atomic mass is 9.97. The minimum atomic E-state index is -1.89. The number of aromatic hydroxyl groups is 1. The van der Waals surface area contributed by atoms with Crippen LogP contribution in [0.1, 0.15) is 104 Å². The SMILES string of the molecule is CC[C@H](C)[C@H](NC(=O)[C@@H](N)CC(=O)O)C(=O)N[C@@H](CO)C(=O)N[C@H](C(=O)N[C@@H](CCCCN)C(=O)N[C@@H](Cc1ccc(O)cc1)C(=O)N[C@@H](Cc1ccccc1)C(=O)N[C@@H](CCC(N)=O)C(=O)N[C@@H](C)C(=O)N[C@@H](CO)C(=O)N[C@@H](CC(C)C)C(=O)O)[C@@H](C)O. The molecule has 0 fully saturated rings. The predicted molar refractivity (Wildman–Crippen MR) is 321 cm³/mol. The molecule has 0 heterocycles. The number of hydrogen-bond donors (Lipinski definition) is 19. The number of phenols is 1. The monoisotopic (exact) mass is 1270 g/mol. The second-order valence-corrected chi connectivity index (χ2v) is 22.1. The fourth-order valence-corrected chi connectivity index (χ4v) is 8.72. The van der Waals surface area contributed by atoms with Gasteiger partial charge in [-0.25, -0.2) is 4.79 Å². The first kappa shape index (κ1) is 77.2. The van der Waals surface area contributed by atoms with E-state index in [0.717, 1.165) is 6.92 Å². The Labute approximate surface area is 520 Å². The quantitative estimate of drug-likeness (QED) is 0.0277. The Morgan fingerprint density at radius 3 is 1.42 bits per heavy atom. The molecule has 0 spiro atoms. The number of unbranched alkanes of at least 4 members (excludes halogenated alkanes) is 1. The van der Waals surface area contributed by atoms with Crippen LogP contribution in [-0.2, 0) is 75.2 Å². The third-order valence-electron chi connectivity index (χ3n) is 14.1. The summed E-state index contributed by atoms with van der Waals surface area (Å²) < 4.78 is 0. The largest absolute Gasteiger partial charge is 0.508 e. The third kappa shape index (κ3) is 27.3. The number of nitrogens with two attached hydrogens (primary N) is 3. The number of nitrogens with one attached hydrogen (secondary N) is 10. The van der Waals surface area contributed by atoms with Gasteiger partial charge in [0.15, 0.2) is 0 Å². The van der Waals surface area contributed by atoms with Crippen molar-refractivity contribution in [2.24, 2.45) is 29.0 Å². The molecule has 2 rings (SSSR count). The average molecular weight is 1270 g/mol. The van der Waals surface area contributed by atoms with Crippen LogP contribution in [0.4, 0.5) is 0 Å². The van der Waals surface area contributed by atoms with E-state index in [1.807, 2.05) is 0 Å². The van der Waals surface area contributed by atoms with Crippen molar-refractivity contribution < 1.29 is 93.0 Å². The van der Waals surface area contributed by atoms with Gasteiger partial charge in [-0.1, -0.05) is 76.6 Å². The topological polar surface area (TPSA) is 542 Å². The summed E-state index contributed by atoms with van der Waals surface area (Å²) in [6.45, 7) is 7.05. The zero-order valence-corrected chi connectivity index (χ0v) is 51.2. The molecule has 90 heavy (non-hydrogen) atoms. The van der Waals surface area contributed by atoms with Gasteiger partial charge >= 0.3 is 11.9 Å². The fraction of sp³-hybridized carbons (Fsp3) is 0.569. The van der Waals surface area contributed by atoms with Gasteiger partial charge in [0.25, 0.3) is 0 Å². The summed E-state index contributed by atoms with van der Waals surface area (Å²) in [6, 6.07) is -3.98. The first-order chi connectivity index (χ1) is 42.3.